The van der Waals surface area contributed by atoms with Crippen molar-refractivity contribution < 1.29 is 19.1 Å². The van der Waals surface area contributed by atoms with Gasteiger partial charge in [0.15, 0.2) is 0 Å². The number of methoxy groups -OCH3 is 1. The number of carbonyl (C=O) groups is 2. The van der Waals surface area contributed by atoms with E-state index in [1.54, 1.807) is 0 Å². The number of hydrogen-bond acceptors (Lipinski definition) is 4. The van der Waals surface area contributed by atoms with E-state index in [-0.39, 0.29) is 29.2 Å². The maximum atomic E-state index is 12.2. The number of carbonyl (C=O) groups excluding carboxylic acids is 2. The Labute approximate surface area is 133 Å². The summed E-state index contributed by atoms with van der Waals surface area (Å²) < 4.78 is 10.4. The Kier molecular flexibility index (Phi) is 5.18. The van der Waals surface area contributed by atoms with Gasteiger partial charge >= 0.3 is 11.9 Å². The third-order valence-electron chi connectivity index (χ3n) is 5.26. The van der Waals surface area contributed by atoms with E-state index in [1.165, 1.54) is 13.5 Å². The molecule has 0 aliphatic heterocycles. The molecule has 1 atom stereocenters. The standard InChI is InChI=1S/C18H30O4/c1-17(2,3)22-16(20)13-7-10-18(11-8-13)9-5-6-14(12-18)15(19)21-4/h13-14H,5-12H2,1-4H3. The van der Waals surface area contributed by atoms with Crippen molar-refractivity contribution >= 4 is 11.9 Å². The van der Waals surface area contributed by atoms with E-state index in [1.807, 2.05) is 20.8 Å². The molecule has 2 fully saturated rings. The minimum atomic E-state index is -0.410. The molecule has 1 unspecified atom stereocenters. The van der Waals surface area contributed by atoms with Crippen molar-refractivity contribution in [1.29, 1.82) is 0 Å². The summed E-state index contributed by atoms with van der Waals surface area (Å²) in [4.78, 5) is 24.0. The van der Waals surface area contributed by atoms with E-state index in [2.05, 4.69) is 0 Å². The molecule has 0 heterocycles. The van der Waals surface area contributed by atoms with Gasteiger partial charge in [0.05, 0.1) is 18.9 Å². The van der Waals surface area contributed by atoms with Crippen LogP contribution < -0.4 is 0 Å². The maximum Gasteiger partial charge on any atom is 0.309 e. The highest BCUT2D eigenvalue weighted by Gasteiger charge is 2.43. The van der Waals surface area contributed by atoms with Gasteiger partial charge in [-0.1, -0.05) is 6.42 Å². The van der Waals surface area contributed by atoms with Gasteiger partial charge in [0.1, 0.15) is 5.60 Å². The topological polar surface area (TPSA) is 52.6 Å². The fourth-order valence-corrected chi connectivity index (χ4v) is 4.12. The van der Waals surface area contributed by atoms with Crippen LogP contribution in [0.25, 0.3) is 0 Å². The van der Waals surface area contributed by atoms with Crippen LogP contribution >= 0.6 is 0 Å². The highest BCUT2D eigenvalue weighted by atomic mass is 16.6. The molecule has 0 saturated heterocycles. The van der Waals surface area contributed by atoms with Crippen molar-refractivity contribution in [3.8, 4) is 0 Å². The Bertz CT molecular complexity index is 413. The molecule has 4 nitrogen and oxygen atoms in total. The average molecular weight is 310 g/mol. The largest absolute Gasteiger partial charge is 0.469 e. The summed E-state index contributed by atoms with van der Waals surface area (Å²) in [6.45, 7) is 5.74. The van der Waals surface area contributed by atoms with Crippen molar-refractivity contribution in [3.63, 3.8) is 0 Å². The normalized spacial score (nSPS) is 32.5. The van der Waals surface area contributed by atoms with Crippen LogP contribution in [-0.4, -0.2) is 24.6 Å². The Morgan fingerprint density at radius 1 is 0.955 bits per heavy atom. The minimum absolute atomic E-state index is 0.0309. The van der Waals surface area contributed by atoms with Crippen molar-refractivity contribution in [1.82, 2.24) is 0 Å². The second-order valence-electron chi connectivity index (χ2n) is 8.12. The third kappa shape index (κ3) is 4.23. The first-order valence-corrected chi connectivity index (χ1v) is 8.55. The molecule has 0 bridgehead atoms. The van der Waals surface area contributed by atoms with Gasteiger partial charge in [0.2, 0.25) is 0 Å². The molecule has 2 saturated carbocycles. The van der Waals surface area contributed by atoms with E-state index < -0.39 is 5.60 Å². The second-order valence-corrected chi connectivity index (χ2v) is 8.12. The molecule has 0 aromatic carbocycles. The number of rotatable bonds is 2. The van der Waals surface area contributed by atoms with Crippen LogP contribution in [0.2, 0.25) is 0 Å². The summed E-state index contributed by atoms with van der Waals surface area (Å²) in [5, 5.41) is 0. The van der Waals surface area contributed by atoms with Crippen molar-refractivity contribution in [2.24, 2.45) is 17.3 Å². The molecule has 2 aliphatic rings. The molecule has 2 rings (SSSR count). The lowest BCUT2D eigenvalue weighted by atomic mass is 9.61. The van der Waals surface area contributed by atoms with Crippen LogP contribution in [0.3, 0.4) is 0 Å². The minimum Gasteiger partial charge on any atom is -0.469 e. The molecule has 4 heteroatoms. The van der Waals surface area contributed by atoms with E-state index in [4.69, 9.17) is 9.47 Å². The molecule has 0 aromatic heterocycles. The zero-order valence-corrected chi connectivity index (χ0v) is 14.4. The van der Waals surface area contributed by atoms with Gasteiger partial charge in [-0.25, -0.2) is 0 Å². The third-order valence-corrected chi connectivity index (χ3v) is 5.26. The molecule has 0 aromatic rings. The first kappa shape index (κ1) is 17.3. The quantitative estimate of drug-likeness (QED) is 0.727. The molecule has 126 valence electrons. The van der Waals surface area contributed by atoms with Crippen LogP contribution in [0.1, 0.15) is 72.1 Å². The van der Waals surface area contributed by atoms with Crippen LogP contribution in [-0.2, 0) is 19.1 Å². The predicted octanol–water partition coefficient (Wildman–Crippen LogP) is 3.87. The predicted molar refractivity (Wildman–Crippen MR) is 84.2 cm³/mol. The summed E-state index contributed by atoms with van der Waals surface area (Å²) in [7, 11) is 1.48. The molecule has 22 heavy (non-hydrogen) atoms. The summed E-state index contributed by atoms with van der Waals surface area (Å²) in [6.07, 6.45) is 8.00. The van der Waals surface area contributed by atoms with Crippen LogP contribution in [0.5, 0.6) is 0 Å². The lowest BCUT2D eigenvalue weighted by molar-refractivity contribution is -0.163. The first-order valence-electron chi connectivity index (χ1n) is 8.55. The van der Waals surface area contributed by atoms with Gasteiger partial charge < -0.3 is 9.47 Å². The van der Waals surface area contributed by atoms with Gasteiger partial charge in [0, 0.05) is 0 Å². The van der Waals surface area contributed by atoms with Gasteiger partial charge in [-0.2, -0.15) is 0 Å². The second kappa shape index (κ2) is 6.59. The van der Waals surface area contributed by atoms with Gasteiger partial charge in [-0.15, -0.1) is 0 Å². The lowest BCUT2D eigenvalue weighted by Crippen LogP contribution is -2.38. The van der Waals surface area contributed by atoms with Crippen molar-refractivity contribution in [2.45, 2.75) is 77.7 Å². The van der Waals surface area contributed by atoms with Crippen LogP contribution in [0.4, 0.5) is 0 Å². The Hall–Kier alpha value is -1.06. The van der Waals surface area contributed by atoms with Gasteiger partial charge in [0.25, 0.3) is 0 Å². The van der Waals surface area contributed by atoms with Crippen LogP contribution in [0, 0.1) is 17.3 Å². The van der Waals surface area contributed by atoms with Crippen LogP contribution in [0.15, 0.2) is 0 Å². The molecule has 0 radical (unpaired) electrons. The molecular formula is C18H30O4. The van der Waals surface area contributed by atoms with Crippen molar-refractivity contribution in [2.75, 3.05) is 7.11 Å². The lowest BCUT2D eigenvalue weighted by Gasteiger charge is -2.44. The van der Waals surface area contributed by atoms with E-state index in [0.29, 0.717) is 0 Å². The Morgan fingerprint density at radius 2 is 1.59 bits per heavy atom. The molecule has 0 amide bonds. The summed E-state index contributed by atoms with van der Waals surface area (Å²) in [5.41, 5.74) is -0.164. The first-order chi connectivity index (χ1) is 10.2. The smallest absolute Gasteiger partial charge is 0.309 e. The molecule has 2 aliphatic carbocycles. The number of esters is 2. The summed E-state index contributed by atoms with van der Waals surface area (Å²) in [5.74, 6) is -0.0313. The van der Waals surface area contributed by atoms with E-state index in [9.17, 15) is 9.59 Å². The number of hydrogen-bond donors (Lipinski definition) is 0. The SMILES string of the molecule is COC(=O)C1CCCC2(CCC(C(=O)OC(C)(C)C)CC2)C1. The fraction of sp³-hybridized carbons (Fsp3) is 0.889. The zero-order chi connectivity index (χ0) is 16.4. The number of ether oxygens (including phenoxy) is 2. The average Bonchev–Trinajstić information content (AvgIpc) is 2.45. The highest BCUT2D eigenvalue weighted by molar-refractivity contribution is 5.73. The fourth-order valence-electron chi connectivity index (χ4n) is 4.12. The highest BCUT2D eigenvalue weighted by Crippen LogP contribution is 2.51. The maximum absolute atomic E-state index is 12.2. The molecular weight excluding hydrogens is 280 g/mol. The zero-order valence-electron chi connectivity index (χ0n) is 14.4. The Balaban J connectivity index is 1.90. The van der Waals surface area contributed by atoms with Crippen molar-refractivity contribution in [3.05, 3.63) is 0 Å². The van der Waals surface area contributed by atoms with E-state index >= 15 is 0 Å². The van der Waals surface area contributed by atoms with Gasteiger partial charge in [-0.05, 0) is 71.1 Å². The summed E-state index contributed by atoms with van der Waals surface area (Å²) >= 11 is 0. The Morgan fingerprint density at radius 3 is 2.14 bits per heavy atom. The van der Waals surface area contributed by atoms with Gasteiger partial charge in [-0.3, -0.25) is 9.59 Å². The molecule has 1 spiro atoms. The molecule has 0 N–H and O–H groups in total. The van der Waals surface area contributed by atoms with E-state index in [0.717, 1.165) is 44.9 Å². The monoisotopic (exact) mass is 310 g/mol. The summed E-state index contributed by atoms with van der Waals surface area (Å²) in [6, 6.07) is 0.